The molecule has 2 aromatic carbocycles. The van der Waals surface area contributed by atoms with Gasteiger partial charge in [0.05, 0.1) is 11.3 Å². The van der Waals surface area contributed by atoms with Crippen LogP contribution in [0.3, 0.4) is 0 Å². The van der Waals surface area contributed by atoms with Crippen LogP contribution < -0.4 is 5.32 Å². The molecule has 1 aromatic heterocycles. The molecule has 4 rings (SSSR count). The molecule has 0 spiro atoms. The Morgan fingerprint density at radius 2 is 1.68 bits per heavy atom. The SMILES string of the molecule is CCc1cc(-c2ccncc2)cc(CC)c1Nc1cccc(CN2CC(N(C)C)C2)c1C(=O)O. The Kier molecular flexibility index (Phi) is 7.29. The first-order valence-electron chi connectivity index (χ1n) is 12.0. The van der Waals surface area contributed by atoms with Gasteiger partial charge in [-0.3, -0.25) is 9.88 Å². The second-order valence-corrected chi connectivity index (χ2v) is 9.19. The van der Waals surface area contributed by atoms with Crippen molar-refractivity contribution in [1.29, 1.82) is 0 Å². The van der Waals surface area contributed by atoms with Crippen molar-refractivity contribution < 1.29 is 9.90 Å². The van der Waals surface area contributed by atoms with Crippen molar-refractivity contribution in [3.05, 3.63) is 77.1 Å². The van der Waals surface area contributed by atoms with E-state index in [-0.39, 0.29) is 0 Å². The molecule has 34 heavy (non-hydrogen) atoms. The Bertz CT molecular complexity index is 1130. The summed E-state index contributed by atoms with van der Waals surface area (Å²) >= 11 is 0. The predicted molar refractivity (Wildman–Crippen MR) is 138 cm³/mol. The molecule has 3 aromatic rings. The second-order valence-electron chi connectivity index (χ2n) is 9.19. The molecule has 0 unspecified atom stereocenters. The van der Waals surface area contributed by atoms with E-state index >= 15 is 0 Å². The number of hydrogen-bond donors (Lipinski definition) is 2. The average Bonchev–Trinajstić information content (AvgIpc) is 2.81. The molecule has 2 heterocycles. The minimum atomic E-state index is -0.896. The molecule has 2 N–H and O–H groups in total. The van der Waals surface area contributed by atoms with Gasteiger partial charge in [-0.1, -0.05) is 26.0 Å². The van der Waals surface area contributed by atoms with Crippen LogP contribution in [-0.4, -0.2) is 59.1 Å². The summed E-state index contributed by atoms with van der Waals surface area (Å²) in [5, 5.41) is 13.7. The molecule has 6 heteroatoms. The van der Waals surface area contributed by atoms with E-state index in [1.165, 1.54) is 11.1 Å². The van der Waals surface area contributed by atoms with Crippen molar-refractivity contribution in [2.24, 2.45) is 0 Å². The first-order chi connectivity index (χ1) is 16.4. The number of hydrogen-bond acceptors (Lipinski definition) is 5. The molecule has 0 amide bonds. The van der Waals surface area contributed by atoms with E-state index in [0.717, 1.165) is 48.3 Å². The zero-order valence-corrected chi connectivity index (χ0v) is 20.5. The van der Waals surface area contributed by atoms with Gasteiger partial charge in [-0.05, 0) is 85.1 Å². The van der Waals surface area contributed by atoms with Gasteiger partial charge < -0.3 is 15.3 Å². The van der Waals surface area contributed by atoms with Crippen LogP contribution in [-0.2, 0) is 19.4 Å². The number of nitrogens with zero attached hydrogens (tertiary/aromatic N) is 3. The number of carboxylic acids is 1. The van der Waals surface area contributed by atoms with Crippen LogP contribution >= 0.6 is 0 Å². The molecule has 0 saturated carbocycles. The van der Waals surface area contributed by atoms with Crippen molar-refractivity contribution in [1.82, 2.24) is 14.8 Å². The largest absolute Gasteiger partial charge is 0.478 e. The minimum absolute atomic E-state index is 0.359. The minimum Gasteiger partial charge on any atom is -0.478 e. The number of carbonyl (C=O) groups is 1. The van der Waals surface area contributed by atoms with Gasteiger partial charge in [0.1, 0.15) is 0 Å². The number of likely N-dealkylation sites (N-methyl/N-ethyl adjacent to an activating group) is 1. The fourth-order valence-corrected chi connectivity index (χ4v) is 4.66. The lowest BCUT2D eigenvalue weighted by molar-refractivity contribution is 0.0560. The maximum absolute atomic E-state index is 12.4. The molecule has 6 nitrogen and oxygen atoms in total. The van der Waals surface area contributed by atoms with Gasteiger partial charge in [-0.2, -0.15) is 0 Å². The van der Waals surface area contributed by atoms with Gasteiger partial charge >= 0.3 is 5.97 Å². The molecular formula is C28H34N4O2. The van der Waals surface area contributed by atoms with Crippen LogP contribution in [0, 0.1) is 0 Å². The van der Waals surface area contributed by atoms with E-state index in [4.69, 9.17) is 0 Å². The summed E-state index contributed by atoms with van der Waals surface area (Å²) in [4.78, 5) is 21.0. The van der Waals surface area contributed by atoms with E-state index in [1.54, 1.807) is 0 Å². The topological polar surface area (TPSA) is 68.7 Å². The van der Waals surface area contributed by atoms with Gasteiger partial charge in [-0.25, -0.2) is 4.79 Å². The molecule has 178 valence electrons. The number of benzene rings is 2. The molecule has 1 aliphatic rings. The monoisotopic (exact) mass is 458 g/mol. The first kappa shape index (κ1) is 23.9. The molecule has 0 atom stereocenters. The predicted octanol–water partition coefficient (Wildman–Crippen LogP) is 5.06. The van der Waals surface area contributed by atoms with Crippen molar-refractivity contribution in [3.63, 3.8) is 0 Å². The molecule has 0 bridgehead atoms. The molecule has 0 aliphatic carbocycles. The second kappa shape index (κ2) is 10.4. The van der Waals surface area contributed by atoms with E-state index < -0.39 is 5.97 Å². The third kappa shape index (κ3) is 4.98. The Morgan fingerprint density at radius 3 is 2.24 bits per heavy atom. The van der Waals surface area contributed by atoms with Crippen LogP contribution in [0.1, 0.15) is 40.9 Å². The van der Waals surface area contributed by atoms with E-state index in [9.17, 15) is 9.90 Å². The summed E-state index contributed by atoms with van der Waals surface area (Å²) in [6, 6.07) is 14.7. The number of aromatic nitrogens is 1. The van der Waals surface area contributed by atoms with E-state index in [2.05, 4.69) is 60.2 Å². The summed E-state index contributed by atoms with van der Waals surface area (Å²) < 4.78 is 0. The number of carboxylic acid groups (broad SMARTS) is 1. The lowest BCUT2D eigenvalue weighted by Gasteiger charge is -2.43. The number of anilines is 2. The summed E-state index contributed by atoms with van der Waals surface area (Å²) in [7, 11) is 4.18. The standard InChI is InChI=1S/C28H34N4O2/c1-5-19-14-23(21-10-12-29-13-11-21)15-20(6-2)27(19)30-25-9-7-8-22(26(25)28(33)34)16-32-17-24(18-32)31(3)4/h7-15,24,30H,5-6,16-18H2,1-4H3,(H,33,34). The Hall–Kier alpha value is -3.22. The number of likely N-dealkylation sites (tertiary alicyclic amines) is 1. The smallest absolute Gasteiger partial charge is 0.338 e. The maximum Gasteiger partial charge on any atom is 0.338 e. The lowest BCUT2D eigenvalue weighted by atomic mass is 9.95. The zero-order chi connectivity index (χ0) is 24.2. The quantitative estimate of drug-likeness (QED) is 0.467. The normalized spacial score (nSPS) is 14.3. The molecule has 1 saturated heterocycles. The van der Waals surface area contributed by atoms with Crippen LogP contribution in [0.25, 0.3) is 11.1 Å². The zero-order valence-electron chi connectivity index (χ0n) is 20.5. The summed E-state index contributed by atoms with van der Waals surface area (Å²) in [6.45, 7) is 6.83. The fraction of sp³-hybridized carbons (Fsp3) is 0.357. The van der Waals surface area contributed by atoms with Gasteiger partial charge in [0.15, 0.2) is 0 Å². The van der Waals surface area contributed by atoms with Crippen LogP contribution in [0.4, 0.5) is 11.4 Å². The molecule has 1 aliphatic heterocycles. The highest BCUT2D eigenvalue weighted by Crippen LogP contribution is 2.34. The summed E-state index contributed by atoms with van der Waals surface area (Å²) in [6.07, 6.45) is 5.30. The first-order valence-corrected chi connectivity index (χ1v) is 12.0. The average molecular weight is 459 g/mol. The van der Waals surface area contributed by atoms with E-state index in [1.807, 2.05) is 42.7 Å². The highest BCUT2D eigenvalue weighted by molar-refractivity contribution is 5.97. The molecular weight excluding hydrogens is 424 g/mol. The molecule has 1 fully saturated rings. The number of rotatable bonds is 9. The highest BCUT2D eigenvalue weighted by atomic mass is 16.4. The van der Waals surface area contributed by atoms with Crippen LogP contribution in [0.5, 0.6) is 0 Å². The Labute approximate surface area is 202 Å². The summed E-state index contributed by atoms with van der Waals surface area (Å²) in [5.74, 6) is -0.896. The van der Waals surface area contributed by atoms with Gasteiger partial charge in [0.25, 0.3) is 0 Å². The van der Waals surface area contributed by atoms with Crippen molar-refractivity contribution >= 4 is 17.3 Å². The highest BCUT2D eigenvalue weighted by Gasteiger charge is 2.29. The fourth-order valence-electron chi connectivity index (χ4n) is 4.66. The number of nitrogens with one attached hydrogen (secondary N) is 1. The third-order valence-electron chi connectivity index (χ3n) is 6.76. The summed E-state index contributed by atoms with van der Waals surface area (Å²) in [5.41, 5.74) is 7.49. The van der Waals surface area contributed by atoms with Crippen LogP contribution in [0.2, 0.25) is 0 Å². The third-order valence-corrected chi connectivity index (χ3v) is 6.76. The Balaban J connectivity index is 1.67. The number of aryl methyl sites for hydroxylation is 2. The van der Waals surface area contributed by atoms with Crippen molar-refractivity contribution in [2.45, 2.75) is 39.3 Å². The van der Waals surface area contributed by atoms with E-state index in [0.29, 0.717) is 23.8 Å². The van der Waals surface area contributed by atoms with Crippen molar-refractivity contribution in [3.8, 4) is 11.1 Å². The van der Waals surface area contributed by atoms with Gasteiger partial charge in [0.2, 0.25) is 0 Å². The van der Waals surface area contributed by atoms with Crippen LogP contribution in [0.15, 0.2) is 54.9 Å². The lowest BCUT2D eigenvalue weighted by Crippen LogP contribution is -2.56. The number of pyridine rings is 1. The van der Waals surface area contributed by atoms with Gasteiger partial charge in [0, 0.05) is 43.8 Å². The number of aromatic carboxylic acids is 1. The van der Waals surface area contributed by atoms with Gasteiger partial charge in [-0.15, -0.1) is 0 Å². The maximum atomic E-state index is 12.4. The Morgan fingerprint density at radius 1 is 1.03 bits per heavy atom. The van der Waals surface area contributed by atoms with Crippen molar-refractivity contribution in [2.75, 3.05) is 32.5 Å². The molecule has 0 radical (unpaired) electrons.